The summed E-state index contributed by atoms with van der Waals surface area (Å²) in [4.78, 5) is 20.5. The lowest BCUT2D eigenvalue weighted by molar-refractivity contribution is 0.0608. The van der Waals surface area contributed by atoms with Gasteiger partial charge in [-0.15, -0.1) is 0 Å². The number of aryl methyl sites for hydroxylation is 1. The van der Waals surface area contributed by atoms with Crippen LogP contribution in [0.4, 0.5) is 14.9 Å². The average molecular weight is 448 g/mol. The summed E-state index contributed by atoms with van der Waals surface area (Å²) in [6, 6.07) is 21.1. The van der Waals surface area contributed by atoms with Crippen LogP contribution in [-0.2, 0) is 11.4 Å². The monoisotopic (exact) mass is 447 g/mol. The Labute approximate surface area is 192 Å². The summed E-state index contributed by atoms with van der Waals surface area (Å²) < 4.78 is 18.8. The molecule has 0 spiro atoms. The summed E-state index contributed by atoms with van der Waals surface area (Å²) in [6.45, 7) is 2.59. The lowest BCUT2D eigenvalue weighted by atomic mass is 10.0. The van der Waals surface area contributed by atoms with E-state index in [1.54, 1.807) is 24.1 Å². The predicted molar refractivity (Wildman–Crippen MR) is 126 cm³/mol. The topological polar surface area (TPSA) is 63.2 Å². The minimum Gasteiger partial charge on any atom is -0.496 e. The van der Waals surface area contributed by atoms with E-state index in [1.165, 1.54) is 12.1 Å². The Hall–Kier alpha value is -3.87. The van der Waals surface area contributed by atoms with E-state index in [-0.39, 0.29) is 18.0 Å². The molecule has 33 heavy (non-hydrogen) atoms. The number of benzene rings is 3. The van der Waals surface area contributed by atoms with E-state index in [4.69, 9.17) is 9.57 Å². The number of oxime groups is 1. The normalized spacial score (nSPS) is 14.9. The Balaban J connectivity index is 1.48. The highest BCUT2D eigenvalue weighted by Gasteiger charge is 2.28. The van der Waals surface area contributed by atoms with Crippen molar-refractivity contribution in [2.45, 2.75) is 26.0 Å². The Kier molecular flexibility index (Phi) is 6.88. The van der Waals surface area contributed by atoms with Gasteiger partial charge >= 0.3 is 6.03 Å². The number of urea groups is 1. The van der Waals surface area contributed by atoms with Crippen LogP contribution >= 0.6 is 0 Å². The third-order valence-corrected chi connectivity index (χ3v) is 5.42. The number of halogens is 1. The number of ether oxygens (including phenoxy) is 1. The third kappa shape index (κ3) is 5.68. The third-order valence-electron chi connectivity index (χ3n) is 5.42. The molecule has 0 radical (unpaired) electrons. The molecular weight excluding hydrogens is 421 g/mol. The van der Waals surface area contributed by atoms with Crippen LogP contribution < -0.4 is 10.1 Å². The van der Waals surface area contributed by atoms with Crippen molar-refractivity contribution in [2.24, 2.45) is 5.16 Å². The van der Waals surface area contributed by atoms with E-state index in [9.17, 15) is 9.18 Å². The molecular formula is C26H26FN3O3. The predicted octanol–water partition coefficient (Wildman–Crippen LogP) is 5.37. The molecule has 3 aromatic carbocycles. The van der Waals surface area contributed by atoms with Gasteiger partial charge < -0.3 is 19.8 Å². The number of carbonyl (C=O) groups is 1. The zero-order valence-corrected chi connectivity index (χ0v) is 18.6. The number of para-hydroxylation sites is 1. The molecule has 0 aromatic heterocycles. The minimum atomic E-state index is -0.316. The van der Waals surface area contributed by atoms with Gasteiger partial charge in [-0.2, -0.15) is 0 Å². The van der Waals surface area contributed by atoms with Gasteiger partial charge in [-0.3, -0.25) is 0 Å². The number of amides is 2. The number of hydrogen-bond acceptors (Lipinski definition) is 4. The molecule has 1 aliphatic heterocycles. The second-order valence-electron chi connectivity index (χ2n) is 7.98. The standard InChI is InChI=1S/C26H26FN3O3/c1-18-6-5-7-21(14-18)28-26(31)30(16-19-10-12-20(27)13-11-19)17-22-15-24(29-33-22)23-8-3-4-9-25(23)32-2/h3-14,22H,15-17H2,1-2H3,(H,28,31)/t22-/m1/s1. The van der Waals surface area contributed by atoms with E-state index in [2.05, 4.69) is 10.5 Å². The largest absolute Gasteiger partial charge is 0.496 e. The van der Waals surface area contributed by atoms with Crippen LogP contribution in [0.2, 0.25) is 0 Å². The Bertz CT molecular complexity index is 1150. The van der Waals surface area contributed by atoms with Gasteiger partial charge in [0, 0.05) is 24.2 Å². The molecule has 0 saturated heterocycles. The summed E-state index contributed by atoms with van der Waals surface area (Å²) >= 11 is 0. The van der Waals surface area contributed by atoms with Gasteiger partial charge in [-0.25, -0.2) is 9.18 Å². The highest BCUT2D eigenvalue weighted by molar-refractivity contribution is 6.03. The number of anilines is 1. The van der Waals surface area contributed by atoms with Gasteiger partial charge in [0.1, 0.15) is 11.6 Å². The van der Waals surface area contributed by atoms with E-state index >= 15 is 0 Å². The SMILES string of the molecule is COc1ccccc1C1=NO[C@@H](CN(Cc2ccc(F)cc2)C(=O)Nc2cccc(C)c2)C1. The van der Waals surface area contributed by atoms with Gasteiger partial charge in [-0.1, -0.05) is 41.6 Å². The summed E-state index contributed by atoms with van der Waals surface area (Å²) in [7, 11) is 1.62. The van der Waals surface area contributed by atoms with E-state index < -0.39 is 0 Å². The number of methoxy groups -OCH3 is 1. The molecule has 1 heterocycles. The maximum absolute atomic E-state index is 13.4. The van der Waals surface area contributed by atoms with Crippen LogP contribution in [0.3, 0.4) is 0 Å². The summed E-state index contributed by atoms with van der Waals surface area (Å²) in [5.41, 5.74) is 4.23. The van der Waals surface area contributed by atoms with Crippen molar-refractivity contribution in [3.8, 4) is 5.75 Å². The molecule has 7 heteroatoms. The molecule has 3 aromatic rings. The Morgan fingerprint density at radius 3 is 2.70 bits per heavy atom. The summed E-state index contributed by atoms with van der Waals surface area (Å²) in [5, 5.41) is 7.20. The van der Waals surface area contributed by atoms with Crippen molar-refractivity contribution in [3.05, 3.63) is 95.3 Å². The molecule has 6 nitrogen and oxygen atoms in total. The second-order valence-corrected chi connectivity index (χ2v) is 7.98. The van der Waals surface area contributed by atoms with Crippen molar-refractivity contribution in [2.75, 3.05) is 19.0 Å². The number of rotatable bonds is 7. The molecule has 1 aliphatic rings. The first-order chi connectivity index (χ1) is 16.0. The number of hydrogen-bond donors (Lipinski definition) is 1. The molecule has 0 saturated carbocycles. The molecule has 0 aliphatic carbocycles. The highest BCUT2D eigenvalue weighted by Crippen LogP contribution is 2.25. The van der Waals surface area contributed by atoms with Crippen molar-refractivity contribution in [1.29, 1.82) is 0 Å². The molecule has 0 fully saturated rings. The van der Waals surface area contributed by atoms with Crippen molar-refractivity contribution < 1.29 is 18.8 Å². The smallest absolute Gasteiger partial charge is 0.322 e. The van der Waals surface area contributed by atoms with Gasteiger partial charge in [0.15, 0.2) is 6.10 Å². The van der Waals surface area contributed by atoms with Crippen LogP contribution in [0.1, 0.15) is 23.1 Å². The molecule has 0 bridgehead atoms. The molecule has 2 amide bonds. The maximum atomic E-state index is 13.4. The summed E-state index contributed by atoms with van der Waals surface area (Å²) in [6.07, 6.45) is 0.228. The Morgan fingerprint density at radius 1 is 1.15 bits per heavy atom. The van der Waals surface area contributed by atoms with E-state index in [1.807, 2.05) is 55.5 Å². The van der Waals surface area contributed by atoms with Crippen LogP contribution in [0.5, 0.6) is 5.75 Å². The van der Waals surface area contributed by atoms with Gasteiger partial charge in [-0.05, 0) is 54.4 Å². The van der Waals surface area contributed by atoms with E-state index in [0.717, 1.165) is 28.2 Å². The zero-order chi connectivity index (χ0) is 23.2. The number of nitrogens with one attached hydrogen (secondary N) is 1. The van der Waals surface area contributed by atoms with Crippen molar-refractivity contribution in [3.63, 3.8) is 0 Å². The fraction of sp³-hybridized carbons (Fsp3) is 0.231. The lowest BCUT2D eigenvalue weighted by Gasteiger charge is -2.25. The van der Waals surface area contributed by atoms with Crippen LogP contribution in [0, 0.1) is 12.7 Å². The highest BCUT2D eigenvalue weighted by atomic mass is 19.1. The quantitative estimate of drug-likeness (QED) is 0.530. The molecule has 0 unspecified atom stereocenters. The van der Waals surface area contributed by atoms with E-state index in [0.29, 0.717) is 25.2 Å². The van der Waals surface area contributed by atoms with Crippen molar-refractivity contribution >= 4 is 17.4 Å². The maximum Gasteiger partial charge on any atom is 0.322 e. The minimum absolute atomic E-state index is 0.265. The van der Waals surface area contributed by atoms with Gasteiger partial charge in [0.25, 0.3) is 0 Å². The fourth-order valence-corrected chi connectivity index (χ4v) is 3.77. The molecule has 1 N–H and O–H groups in total. The lowest BCUT2D eigenvalue weighted by Crippen LogP contribution is -2.40. The first kappa shape index (κ1) is 22.3. The van der Waals surface area contributed by atoms with Gasteiger partial charge in [0.2, 0.25) is 0 Å². The summed E-state index contributed by atoms with van der Waals surface area (Å²) in [5.74, 6) is 0.407. The average Bonchev–Trinajstić information content (AvgIpc) is 3.28. The van der Waals surface area contributed by atoms with Crippen LogP contribution in [-0.4, -0.2) is 36.4 Å². The molecule has 1 atom stereocenters. The van der Waals surface area contributed by atoms with Gasteiger partial charge in [0.05, 0.1) is 19.4 Å². The number of carbonyl (C=O) groups excluding carboxylic acids is 1. The molecule has 4 rings (SSSR count). The second kappa shape index (κ2) is 10.2. The van der Waals surface area contributed by atoms with Crippen LogP contribution in [0.25, 0.3) is 0 Å². The Morgan fingerprint density at radius 2 is 1.94 bits per heavy atom. The van der Waals surface area contributed by atoms with Crippen molar-refractivity contribution in [1.82, 2.24) is 4.90 Å². The number of nitrogens with zero attached hydrogens (tertiary/aromatic N) is 2. The molecule has 170 valence electrons. The first-order valence-corrected chi connectivity index (χ1v) is 10.7. The fourth-order valence-electron chi connectivity index (χ4n) is 3.77. The van der Waals surface area contributed by atoms with Crippen LogP contribution in [0.15, 0.2) is 78.0 Å². The first-order valence-electron chi connectivity index (χ1n) is 10.7. The zero-order valence-electron chi connectivity index (χ0n) is 18.6.